The van der Waals surface area contributed by atoms with E-state index in [4.69, 9.17) is 14.2 Å². The fourth-order valence-corrected chi connectivity index (χ4v) is 3.87. The summed E-state index contributed by atoms with van der Waals surface area (Å²) in [4.78, 5) is 24.0. The number of carbonyl (C=O) groups excluding carboxylic acids is 2. The summed E-state index contributed by atoms with van der Waals surface area (Å²) in [7, 11) is -3.98. The van der Waals surface area contributed by atoms with Gasteiger partial charge in [-0.15, -0.1) is 0 Å². The number of hydrogen-bond donors (Lipinski definition) is 1. The van der Waals surface area contributed by atoms with Gasteiger partial charge in [-0.1, -0.05) is 38.1 Å². The summed E-state index contributed by atoms with van der Waals surface area (Å²) in [6.45, 7) is 3.94. The summed E-state index contributed by atoms with van der Waals surface area (Å²) in [5.74, 6) is -0.0824. The third-order valence-electron chi connectivity index (χ3n) is 4.70. The van der Waals surface area contributed by atoms with Crippen molar-refractivity contribution >= 4 is 21.8 Å². The molecular weight excluding hydrogens is 422 g/mol. The molecule has 0 unspecified atom stereocenters. The second-order valence-corrected chi connectivity index (χ2v) is 9.11. The average Bonchev–Trinajstić information content (AvgIpc) is 3.01. The van der Waals surface area contributed by atoms with E-state index in [1.54, 1.807) is 12.1 Å². The van der Waals surface area contributed by atoms with Crippen LogP contribution in [0.1, 0.15) is 42.1 Å². The number of rotatable bonds is 8. The standard InChI is InChI=1S/C22H25NO7S/c1-15(2)16-4-6-17(7-5-16)19(24)14-30-22(25)13-23-31(26,27)18-8-9-20-21(12-18)29-11-3-10-28-20/h4-9,12,15,23H,3,10-11,13-14H2,1-2H3. The molecule has 0 aromatic heterocycles. The molecule has 3 rings (SSSR count). The molecule has 9 heteroatoms. The number of nitrogens with one attached hydrogen (secondary N) is 1. The Morgan fingerprint density at radius 1 is 1.03 bits per heavy atom. The number of sulfonamides is 1. The van der Waals surface area contributed by atoms with Crippen molar-refractivity contribution in [3.8, 4) is 11.5 Å². The number of benzene rings is 2. The molecule has 2 aromatic carbocycles. The first kappa shape index (κ1) is 22.8. The Kier molecular flexibility index (Phi) is 7.29. The number of carbonyl (C=O) groups is 2. The largest absolute Gasteiger partial charge is 0.490 e. The summed E-state index contributed by atoms with van der Waals surface area (Å²) in [5.41, 5.74) is 1.52. The lowest BCUT2D eigenvalue weighted by Crippen LogP contribution is -2.31. The first-order valence-electron chi connectivity index (χ1n) is 9.94. The van der Waals surface area contributed by atoms with Gasteiger partial charge in [0, 0.05) is 18.1 Å². The Morgan fingerprint density at radius 3 is 2.39 bits per heavy atom. The van der Waals surface area contributed by atoms with E-state index in [1.807, 2.05) is 26.0 Å². The number of Topliss-reactive ketones (excluding diaryl/α,β-unsaturated/α-hetero) is 1. The van der Waals surface area contributed by atoms with E-state index in [9.17, 15) is 18.0 Å². The Morgan fingerprint density at radius 2 is 1.71 bits per heavy atom. The van der Waals surface area contributed by atoms with Gasteiger partial charge in [-0.05, 0) is 23.6 Å². The minimum Gasteiger partial charge on any atom is -0.490 e. The van der Waals surface area contributed by atoms with Crippen molar-refractivity contribution in [3.05, 3.63) is 53.6 Å². The Bertz CT molecular complexity index is 1050. The average molecular weight is 448 g/mol. The van der Waals surface area contributed by atoms with E-state index in [0.29, 0.717) is 42.6 Å². The molecule has 0 amide bonds. The Hall–Kier alpha value is -2.91. The number of fused-ring (bicyclic) bond motifs is 1. The van der Waals surface area contributed by atoms with Gasteiger partial charge in [-0.3, -0.25) is 9.59 Å². The van der Waals surface area contributed by atoms with E-state index in [2.05, 4.69) is 4.72 Å². The predicted molar refractivity (Wildman–Crippen MR) is 113 cm³/mol. The van der Waals surface area contributed by atoms with Crippen molar-refractivity contribution in [1.29, 1.82) is 0 Å². The topological polar surface area (TPSA) is 108 Å². The maximum atomic E-state index is 12.5. The van der Waals surface area contributed by atoms with E-state index < -0.39 is 29.1 Å². The maximum Gasteiger partial charge on any atom is 0.321 e. The molecule has 0 atom stereocenters. The van der Waals surface area contributed by atoms with Gasteiger partial charge in [-0.2, -0.15) is 4.72 Å². The van der Waals surface area contributed by atoms with Gasteiger partial charge in [0.05, 0.1) is 18.1 Å². The van der Waals surface area contributed by atoms with Crippen LogP contribution in [0.4, 0.5) is 0 Å². The van der Waals surface area contributed by atoms with Gasteiger partial charge < -0.3 is 14.2 Å². The number of esters is 1. The van der Waals surface area contributed by atoms with Gasteiger partial charge in [0.1, 0.15) is 6.54 Å². The Labute approximate surface area is 181 Å². The molecule has 0 spiro atoms. The van der Waals surface area contributed by atoms with Crippen LogP contribution in [0.25, 0.3) is 0 Å². The van der Waals surface area contributed by atoms with Gasteiger partial charge in [0.25, 0.3) is 0 Å². The molecule has 8 nitrogen and oxygen atoms in total. The first-order valence-corrected chi connectivity index (χ1v) is 11.4. The molecule has 166 valence electrons. The normalized spacial score (nSPS) is 13.5. The van der Waals surface area contributed by atoms with Crippen molar-refractivity contribution < 1.29 is 32.2 Å². The number of hydrogen-bond acceptors (Lipinski definition) is 7. The van der Waals surface area contributed by atoms with Crippen LogP contribution in [0.5, 0.6) is 11.5 Å². The van der Waals surface area contributed by atoms with Gasteiger partial charge in [0.2, 0.25) is 10.0 Å². The van der Waals surface area contributed by atoms with Crippen LogP contribution >= 0.6 is 0 Å². The summed E-state index contributed by atoms with van der Waals surface area (Å²) in [6, 6.07) is 11.3. The molecule has 0 radical (unpaired) electrons. The Balaban J connectivity index is 1.52. The van der Waals surface area contributed by atoms with E-state index in [-0.39, 0.29) is 10.7 Å². The quantitative estimate of drug-likeness (QED) is 0.490. The molecule has 1 heterocycles. The molecule has 1 aliphatic rings. The third kappa shape index (κ3) is 6.05. The summed E-state index contributed by atoms with van der Waals surface area (Å²) >= 11 is 0. The van der Waals surface area contributed by atoms with Crippen molar-refractivity contribution in [3.63, 3.8) is 0 Å². The van der Waals surface area contributed by atoms with Crippen molar-refractivity contribution in [1.82, 2.24) is 4.72 Å². The minimum absolute atomic E-state index is 0.0640. The summed E-state index contributed by atoms with van der Waals surface area (Å²) in [5, 5.41) is 0. The summed E-state index contributed by atoms with van der Waals surface area (Å²) in [6.07, 6.45) is 0.696. The van der Waals surface area contributed by atoms with Crippen LogP contribution in [-0.4, -0.2) is 46.5 Å². The van der Waals surface area contributed by atoms with Gasteiger partial charge >= 0.3 is 5.97 Å². The number of ketones is 1. The summed E-state index contributed by atoms with van der Waals surface area (Å²) < 4.78 is 43.0. The van der Waals surface area contributed by atoms with Crippen LogP contribution in [0, 0.1) is 0 Å². The lowest BCUT2D eigenvalue weighted by molar-refractivity contribution is -0.141. The van der Waals surface area contributed by atoms with E-state index in [0.717, 1.165) is 5.56 Å². The molecule has 0 aliphatic carbocycles. The van der Waals surface area contributed by atoms with Gasteiger partial charge in [-0.25, -0.2) is 8.42 Å². The van der Waals surface area contributed by atoms with Crippen LogP contribution in [0.15, 0.2) is 47.4 Å². The van der Waals surface area contributed by atoms with Crippen molar-refractivity contribution in [2.45, 2.75) is 31.1 Å². The zero-order chi connectivity index (χ0) is 22.4. The number of ether oxygens (including phenoxy) is 3. The first-order chi connectivity index (χ1) is 14.8. The minimum atomic E-state index is -3.98. The highest BCUT2D eigenvalue weighted by molar-refractivity contribution is 7.89. The van der Waals surface area contributed by atoms with E-state index in [1.165, 1.54) is 18.2 Å². The fourth-order valence-electron chi connectivity index (χ4n) is 2.88. The zero-order valence-electron chi connectivity index (χ0n) is 17.4. The monoisotopic (exact) mass is 447 g/mol. The molecule has 0 saturated carbocycles. The van der Waals surface area contributed by atoms with E-state index >= 15 is 0 Å². The molecule has 1 N–H and O–H groups in total. The predicted octanol–water partition coefficient (Wildman–Crippen LogP) is 2.68. The molecule has 0 saturated heterocycles. The highest BCUT2D eigenvalue weighted by atomic mass is 32.2. The molecule has 31 heavy (non-hydrogen) atoms. The van der Waals surface area contributed by atoms with Crippen LogP contribution in [0.3, 0.4) is 0 Å². The molecule has 0 bridgehead atoms. The fraction of sp³-hybridized carbons (Fsp3) is 0.364. The highest BCUT2D eigenvalue weighted by Crippen LogP contribution is 2.31. The molecule has 2 aromatic rings. The molecule has 1 aliphatic heterocycles. The second kappa shape index (κ2) is 9.93. The van der Waals surface area contributed by atoms with Crippen LogP contribution in [0.2, 0.25) is 0 Å². The maximum absolute atomic E-state index is 12.5. The highest BCUT2D eigenvalue weighted by Gasteiger charge is 2.20. The molecular formula is C22H25NO7S. The molecule has 0 fully saturated rings. The van der Waals surface area contributed by atoms with Crippen LogP contribution in [-0.2, 0) is 19.6 Å². The van der Waals surface area contributed by atoms with Crippen molar-refractivity contribution in [2.24, 2.45) is 0 Å². The van der Waals surface area contributed by atoms with Crippen molar-refractivity contribution in [2.75, 3.05) is 26.4 Å². The lowest BCUT2D eigenvalue weighted by atomic mass is 10.0. The SMILES string of the molecule is CC(C)c1ccc(C(=O)COC(=O)CNS(=O)(=O)c2ccc3c(c2)OCCCO3)cc1. The van der Waals surface area contributed by atoms with Crippen LogP contribution < -0.4 is 14.2 Å². The second-order valence-electron chi connectivity index (χ2n) is 7.34. The lowest BCUT2D eigenvalue weighted by Gasteiger charge is -2.11. The van der Waals surface area contributed by atoms with Gasteiger partial charge in [0.15, 0.2) is 23.9 Å². The third-order valence-corrected chi connectivity index (χ3v) is 6.10. The zero-order valence-corrected chi connectivity index (χ0v) is 18.2. The smallest absolute Gasteiger partial charge is 0.321 e.